The van der Waals surface area contributed by atoms with E-state index in [-0.39, 0.29) is 0 Å². The maximum absolute atomic E-state index is 5.27. The molecule has 0 atom stereocenters. The molecule has 18 heavy (non-hydrogen) atoms. The molecule has 3 nitrogen and oxygen atoms in total. The zero-order valence-corrected chi connectivity index (χ0v) is 11.8. The monoisotopic (exact) mass is 307 g/mol. The lowest BCUT2D eigenvalue weighted by atomic mass is 10.2. The summed E-state index contributed by atoms with van der Waals surface area (Å²) in [6, 6.07) is 13.7. The molecular formula is C14H14BrNO2. The summed E-state index contributed by atoms with van der Waals surface area (Å²) in [5, 5.41) is 3.32. The first-order chi connectivity index (χ1) is 8.74. The number of hydrogen-bond donors (Lipinski definition) is 1. The van der Waals surface area contributed by atoms with Crippen molar-refractivity contribution < 1.29 is 9.47 Å². The van der Waals surface area contributed by atoms with Crippen LogP contribution in [-0.2, 0) is 0 Å². The van der Waals surface area contributed by atoms with Crippen LogP contribution < -0.4 is 14.8 Å². The first kappa shape index (κ1) is 12.8. The minimum absolute atomic E-state index is 0.703. The normalized spacial score (nSPS) is 9.94. The number of methoxy groups -OCH3 is 2. The Morgan fingerprint density at radius 2 is 1.67 bits per heavy atom. The van der Waals surface area contributed by atoms with Crippen LogP contribution in [0.2, 0.25) is 0 Å². The summed E-state index contributed by atoms with van der Waals surface area (Å²) < 4.78 is 11.5. The Bertz CT molecular complexity index is 543. The molecule has 0 unspecified atom stereocenters. The van der Waals surface area contributed by atoms with Crippen LogP contribution in [0.15, 0.2) is 46.9 Å². The number of anilines is 2. The van der Waals surface area contributed by atoms with E-state index in [1.54, 1.807) is 14.2 Å². The topological polar surface area (TPSA) is 30.5 Å². The lowest BCUT2D eigenvalue weighted by Crippen LogP contribution is -1.94. The van der Waals surface area contributed by atoms with Crippen molar-refractivity contribution in [2.45, 2.75) is 0 Å². The van der Waals surface area contributed by atoms with Gasteiger partial charge in [0, 0.05) is 16.2 Å². The predicted molar refractivity (Wildman–Crippen MR) is 77.0 cm³/mol. The van der Waals surface area contributed by atoms with Gasteiger partial charge in [-0.2, -0.15) is 0 Å². The van der Waals surface area contributed by atoms with Gasteiger partial charge in [0.05, 0.1) is 19.9 Å². The van der Waals surface area contributed by atoms with E-state index in [9.17, 15) is 0 Å². The highest BCUT2D eigenvalue weighted by molar-refractivity contribution is 9.10. The third-order valence-corrected chi connectivity index (χ3v) is 3.23. The van der Waals surface area contributed by atoms with Gasteiger partial charge >= 0.3 is 0 Å². The third-order valence-electron chi connectivity index (χ3n) is 2.54. The fourth-order valence-corrected chi connectivity index (χ4v) is 2.02. The van der Waals surface area contributed by atoms with E-state index in [1.165, 1.54) is 0 Å². The standard InChI is InChI=1S/C14H14BrNO2/c1-17-13-8-7-10(9-14(13)18-2)16-12-6-4-3-5-11(12)15/h3-9,16H,1-2H3. The van der Waals surface area contributed by atoms with E-state index >= 15 is 0 Å². The highest BCUT2D eigenvalue weighted by Crippen LogP contribution is 2.32. The van der Waals surface area contributed by atoms with Crippen LogP contribution in [0.4, 0.5) is 11.4 Å². The summed E-state index contributed by atoms with van der Waals surface area (Å²) in [6.45, 7) is 0. The fourth-order valence-electron chi connectivity index (χ4n) is 1.63. The van der Waals surface area contributed by atoms with Crippen molar-refractivity contribution in [1.82, 2.24) is 0 Å². The number of nitrogens with one attached hydrogen (secondary N) is 1. The van der Waals surface area contributed by atoms with Crippen molar-refractivity contribution in [2.24, 2.45) is 0 Å². The van der Waals surface area contributed by atoms with E-state index < -0.39 is 0 Å². The highest BCUT2D eigenvalue weighted by Gasteiger charge is 2.05. The van der Waals surface area contributed by atoms with Gasteiger partial charge in [-0.15, -0.1) is 0 Å². The Morgan fingerprint density at radius 3 is 2.33 bits per heavy atom. The van der Waals surface area contributed by atoms with E-state index in [0.717, 1.165) is 21.6 Å². The number of benzene rings is 2. The van der Waals surface area contributed by atoms with Crippen LogP contribution in [0.3, 0.4) is 0 Å². The summed E-state index contributed by atoms with van der Waals surface area (Å²) in [6.07, 6.45) is 0. The van der Waals surface area contributed by atoms with Crippen molar-refractivity contribution in [1.29, 1.82) is 0 Å². The molecule has 1 N–H and O–H groups in total. The van der Waals surface area contributed by atoms with Gasteiger partial charge < -0.3 is 14.8 Å². The second-order valence-corrected chi connectivity index (χ2v) is 4.53. The van der Waals surface area contributed by atoms with Crippen molar-refractivity contribution in [3.63, 3.8) is 0 Å². The first-order valence-electron chi connectivity index (χ1n) is 5.48. The van der Waals surface area contributed by atoms with E-state index in [1.807, 2.05) is 42.5 Å². The second kappa shape index (κ2) is 5.78. The molecular weight excluding hydrogens is 294 g/mol. The van der Waals surface area contributed by atoms with Crippen LogP contribution in [0.5, 0.6) is 11.5 Å². The molecule has 0 heterocycles. The van der Waals surface area contributed by atoms with Gasteiger partial charge in [0.2, 0.25) is 0 Å². The van der Waals surface area contributed by atoms with Crippen LogP contribution in [-0.4, -0.2) is 14.2 Å². The van der Waals surface area contributed by atoms with Gasteiger partial charge in [0.25, 0.3) is 0 Å². The SMILES string of the molecule is COc1ccc(Nc2ccccc2Br)cc1OC. The Balaban J connectivity index is 2.27. The fraction of sp³-hybridized carbons (Fsp3) is 0.143. The molecule has 0 spiro atoms. The van der Waals surface area contributed by atoms with E-state index in [2.05, 4.69) is 21.2 Å². The molecule has 0 aromatic heterocycles. The van der Waals surface area contributed by atoms with Crippen LogP contribution in [0.1, 0.15) is 0 Å². The molecule has 0 saturated carbocycles. The van der Waals surface area contributed by atoms with Gasteiger partial charge in [0.1, 0.15) is 0 Å². The minimum atomic E-state index is 0.703. The maximum Gasteiger partial charge on any atom is 0.162 e. The highest BCUT2D eigenvalue weighted by atomic mass is 79.9. The van der Waals surface area contributed by atoms with Crippen LogP contribution in [0.25, 0.3) is 0 Å². The number of hydrogen-bond acceptors (Lipinski definition) is 3. The van der Waals surface area contributed by atoms with E-state index in [4.69, 9.17) is 9.47 Å². The Morgan fingerprint density at radius 1 is 0.944 bits per heavy atom. The molecule has 0 radical (unpaired) electrons. The zero-order chi connectivity index (χ0) is 13.0. The van der Waals surface area contributed by atoms with Crippen LogP contribution in [0, 0.1) is 0 Å². The summed E-state index contributed by atoms with van der Waals surface area (Å²) in [7, 11) is 3.25. The number of para-hydroxylation sites is 1. The summed E-state index contributed by atoms with van der Waals surface area (Å²) >= 11 is 3.50. The molecule has 0 fully saturated rings. The molecule has 0 aliphatic heterocycles. The van der Waals surface area contributed by atoms with Gasteiger partial charge in [-0.3, -0.25) is 0 Å². The third kappa shape index (κ3) is 2.76. The molecule has 0 bridgehead atoms. The molecule has 4 heteroatoms. The smallest absolute Gasteiger partial charge is 0.162 e. The molecule has 0 amide bonds. The second-order valence-electron chi connectivity index (χ2n) is 3.67. The molecule has 94 valence electrons. The number of rotatable bonds is 4. The van der Waals surface area contributed by atoms with Crippen molar-refractivity contribution >= 4 is 27.3 Å². The largest absolute Gasteiger partial charge is 0.493 e. The average Bonchev–Trinajstić information content (AvgIpc) is 2.41. The average molecular weight is 308 g/mol. The summed E-state index contributed by atoms with van der Waals surface area (Å²) in [5.74, 6) is 1.42. The van der Waals surface area contributed by atoms with Crippen molar-refractivity contribution in [3.05, 3.63) is 46.9 Å². The zero-order valence-electron chi connectivity index (χ0n) is 10.2. The van der Waals surface area contributed by atoms with Gasteiger partial charge in [-0.1, -0.05) is 12.1 Å². The predicted octanol–water partition coefficient (Wildman–Crippen LogP) is 4.21. The Hall–Kier alpha value is -1.68. The Kier molecular flexibility index (Phi) is 4.10. The van der Waals surface area contributed by atoms with Gasteiger partial charge in [-0.25, -0.2) is 0 Å². The molecule has 2 rings (SSSR count). The molecule has 2 aromatic rings. The summed E-state index contributed by atoms with van der Waals surface area (Å²) in [5.41, 5.74) is 1.95. The lowest BCUT2D eigenvalue weighted by Gasteiger charge is -2.12. The van der Waals surface area contributed by atoms with Crippen LogP contribution >= 0.6 is 15.9 Å². The van der Waals surface area contributed by atoms with Crippen molar-refractivity contribution in [3.8, 4) is 11.5 Å². The quantitative estimate of drug-likeness (QED) is 0.918. The summed E-state index contributed by atoms with van der Waals surface area (Å²) in [4.78, 5) is 0. The van der Waals surface area contributed by atoms with Gasteiger partial charge in [0.15, 0.2) is 11.5 Å². The van der Waals surface area contributed by atoms with E-state index in [0.29, 0.717) is 5.75 Å². The molecule has 0 aliphatic carbocycles. The number of halogens is 1. The molecule has 2 aromatic carbocycles. The Labute approximate surface area is 115 Å². The molecule has 0 aliphatic rings. The van der Waals surface area contributed by atoms with Gasteiger partial charge in [-0.05, 0) is 40.2 Å². The lowest BCUT2D eigenvalue weighted by molar-refractivity contribution is 0.355. The van der Waals surface area contributed by atoms with Crippen molar-refractivity contribution in [2.75, 3.05) is 19.5 Å². The first-order valence-corrected chi connectivity index (χ1v) is 6.27. The maximum atomic E-state index is 5.27. The number of ether oxygens (including phenoxy) is 2. The molecule has 0 saturated heterocycles. The minimum Gasteiger partial charge on any atom is -0.493 e.